The minimum absolute atomic E-state index is 0.325. The van der Waals surface area contributed by atoms with Crippen LogP contribution in [0.2, 0.25) is 0 Å². The van der Waals surface area contributed by atoms with Gasteiger partial charge in [-0.1, -0.05) is 0 Å². The Kier molecular flexibility index (Phi) is 2.38. The Morgan fingerprint density at radius 1 is 1.25 bits per heavy atom. The summed E-state index contributed by atoms with van der Waals surface area (Å²) >= 11 is 0. The zero-order chi connectivity index (χ0) is 10.8. The van der Waals surface area contributed by atoms with E-state index in [0.29, 0.717) is 6.04 Å². The average molecular weight is 215 g/mol. The molecule has 16 heavy (non-hydrogen) atoms. The third-order valence-electron chi connectivity index (χ3n) is 2.85. The standard InChI is InChI=1S/C11H13N5/c1-2-9(13-3-1)10-11(15-5-4-14-10)16-7-6-12-8-16/h4-9,13H,1-3H2/t9-/m0/s1. The van der Waals surface area contributed by atoms with Crippen LogP contribution in [0, 0.1) is 0 Å². The van der Waals surface area contributed by atoms with Crippen molar-refractivity contribution in [1.29, 1.82) is 0 Å². The highest BCUT2D eigenvalue weighted by molar-refractivity contribution is 5.30. The molecule has 0 aliphatic carbocycles. The first kappa shape index (κ1) is 9.47. The molecule has 1 N–H and O–H groups in total. The van der Waals surface area contributed by atoms with Gasteiger partial charge in [0.15, 0.2) is 5.82 Å². The van der Waals surface area contributed by atoms with Crippen LogP contribution in [-0.4, -0.2) is 26.1 Å². The van der Waals surface area contributed by atoms with Crippen LogP contribution in [0.4, 0.5) is 0 Å². The molecule has 0 bridgehead atoms. The first-order valence-corrected chi connectivity index (χ1v) is 5.48. The van der Waals surface area contributed by atoms with Crippen LogP contribution >= 0.6 is 0 Å². The fraction of sp³-hybridized carbons (Fsp3) is 0.364. The average Bonchev–Trinajstić information content (AvgIpc) is 3.03. The first-order chi connectivity index (χ1) is 7.95. The second-order valence-corrected chi connectivity index (χ2v) is 3.88. The molecule has 0 radical (unpaired) electrons. The van der Waals surface area contributed by atoms with Crippen molar-refractivity contribution in [3.63, 3.8) is 0 Å². The van der Waals surface area contributed by atoms with E-state index < -0.39 is 0 Å². The summed E-state index contributed by atoms with van der Waals surface area (Å²) in [7, 11) is 0. The molecule has 2 aromatic rings. The van der Waals surface area contributed by atoms with Crippen molar-refractivity contribution in [2.24, 2.45) is 0 Å². The number of hydrogen-bond acceptors (Lipinski definition) is 4. The third-order valence-corrected chi connectivity index (χ3v) is 2.85. The minimum atomic E-state index is 0.325. The molecule has 0 unspecified atom stereocenters. The van der Waals surface area contributed by atoms with Crippen molar-refractivity contribution in [2.45, 2.75) is 18.9 Å². The third kappa shape index (κ3) is 1.59. The number of nitrogens with one attached hydrogen (secondary N) is 1. The maximum Gasteiger partial charge on any atom is 0.161 e. The molecular weight excluding hydrogens is 202 g/mol. The van der Waals surface area contributed by atoms with Gasteiger partial charge in [-0.25, -0.2) is 9.97 Å². The Bertz CT molecular complexity index is 459. The SMILES string of the molecule is c1cn(-c2nccnc2[C@@H]2CCCN2)cn1. The Balaban J connectivity index is 2.04. The van der Waals surface area contributed by atoms with Gasteiger partial charge in [0.1, 0.15) is 12.0 Å². The van der Waals surface area contributed by atoms with E-state index in [2.05, 4.69) is 20.3 Å². The first-order valence-electron chi connectivity index (χ1n) is 5.48. The van der Waals surface area contributed by atoms with Crippen molar-refractivity contribution in [2.75, 3.05) is 6.54 Å². The molecule has 1 aliphatic heterocycles. The Labute approximate surface area is 93.6 Å². The molecule has 82 valence electrons. The maximum absolute atomic E-state index is 4.44. The molecule has 1 saturated heterocycles. The van der Waals surface area contributed by atoms with E-state index in [1.54, 1.807) is 24.9 Å². The lowest BCUT2D eigenvalue weighted by Crippen LogP contribution is -2.17. The zero-order valence-electron chi connectivity index (χ0n) is 8.87. The van der Waals surface area contributed by atoms with Crippen molar-refractivity contribution in [3.8, 4) is 5.82 Å². The van der Waals surface area contributed by atoms with Gasteiger partial charge in [0, 0.05) is 24.8 Å². The highest BCUT2D eigenvalue weighted by Gasteiger charge is 2.21. The number of hydrogen-bond donors (Lipinski definition) is 1. The number of rotatable bonds is 2. The molecule has 1 atom stereocenters. The summed E-state index contributed by atoms with van der Waals surface area (Å²) < 4.78 is 1.91. The molecule has 1 aliphatic rings. The van der Waals surface area contributed by atoms with Gasteiger partial charge in [-0.15, -0.1) is 0 Å². The fourth-order valence-electron chi connectivity index (χ4n) is 2.09. The molecule has 5 heteroatoms. The topological polar surface area (TPSA) is 55.6 Å². The molecular formula is C11H13N5. The van der Waals surface area contributed by atoms with Crippen LogP contribution in [0.5, 0.6) is 0 Å². The number of imidazole rings is 1. The largest absolute Gasteiger partial charge is 0.309 e. The molecule has 0 spiro atoms. The maximum atomic E-state index is 4.44. The van der Waals surface area contributed by atoms with Gasteiger partial charge in [-0.3, -0.25) is 9.55 Å². The van der Waals surface area contributed by atoms with Crippen molar-refractivity contribution in [3.05, 3.63) is 36.8 Å². The van der Waals surface area contributed by atoms with Gasteiger partial charge >= 0.3 is 0 Å². The highest BCUT2D eigenvalue weighted by Crippen LogP contribution is 2.24. The summed E-state index contributed by atoms with van der Waals surface area (Å²) in [6.07, 6.45) is 11.2. The smallest absolute Gasteiger partial charge is 0.161 e. The quantitative estimate of drug-likeness (QED) is 0.814. The summed E-state index contributed by atoms with van der Waals surface area (Å²) in [5, 5.41) is 3.44. The van der Waals surface area contributed by atoms with Crippen LogP contribution in [0.15, 0.2) is 31.1 Å². The van der Waals surface area contributed by atoms with Crippen molar-refractivity contribution in [1.82, 2.24) is 24.8 Å². The minimum Gasteiger partial charge on any atom is -0.309 e. The molecule has 0 saturated carbocycles. The summed E-state index contributed by atoms with van der Waals surface area (Å²) in [6, 6.07) is 0.325. The summed E-state index contributed by atoms with van der Waals surface area (Å²) in [5.41, 5.74) is 1.01. The van der Waals surface area contributed by atoms with Crippen LogP contribution < -0.4 is 5.32 Å². The van der Waals surface area contributed by atoms with Crippen LogP contribution in [0.3, 0.4) is 0 Å². The molecule has 3 rings (SSSR count). The summed E-state index contributed by atoms with van der Waals surface area (Å²) in [6.45, 7) is 1.06. The zero-order valence-corrected chi connectivity index (χ0v) is 8.87. The van der Waals surface area contributed by atoms with E-state index in [1.165, 1.54) is 6.42 Å². The Hall–Kier alpha value is -1.75. The van der Waals surface area contributed by atoms with Gasteiger partial charge in [0.05, 0.1) is 6.04 Å². The van der Waals surface area contributed by atoms with E-state index in [9.17, 15) is 0 Å². The molecule has 0 aromatic carbocycles. The molecule has 1 fully saturated rings. The molecule has 2 aromatic heterocycles. The van der Waals surface area contributed by atoms with E-state index in [4.69, 9.17) is 0 Å². The van der Waals surface area contributed by atoms with Gasteiger partial charge in [-0.2, -0.15) is 0 Å². The molecule has 5 nitrogen and oxygen atoms in total. The second-order valence-electron chi connectivity index (χ2n) is 3.88. The van der Waals surface area contributed by atoms with E-state index in [-0.39, 0.29) is 0 Å². The summed E-state index contributed by atoms with van der Waals surface area (Å²) in [4.78, 5) is 12.9. The van der Waals surface area contributed by atoms with Gasteiger partial charge in [-0.05, 0) is 19.4 Å². The van der Waals surface area contributed by atoms with Gasteiger partial charge < -0.3 is 5.32 Å². The predicted molar refractivity (Wildman–Crippen MR) is 59.1 cm³/mol. The molecule has 3 heterocycles. The lowest BCUT2D eigenvalue weighted by molar-refractivity contribution is 0.618. The number of aromatic nitrogens is 4. The van der Waals surface area contributed by atoms with Crippen LogP contribution in [0.25, 0.3) is 5.82 Å². The Morgan fingerprint density at radius 2 is 2.19 bits per heavy atom. The molecule has 0 amide bonds. The van der Waals surface area contributed by atoms with E-state index in [1.807, 2.05) is 10.8 Å². The summed E-state index contributed by atoms with van der Waals surface area (Å²) in [5.74, 6) is 0.874. The van der Waals surface area contributed by atoms with Crippen LogP contribution in [0.1, 0.15) is 24.6 Å². The monoisotopic (exact) mass is 215 g/mol. The lowest BCUT2D eigenvalue weighted by Gasteiger charge is -2.13. The van der Waals surface area contributed by atoms with E-state index >= 15 is 0 Å². The van der Waals surface area contributed by atoms with Crippen molar-refractivity contribution < 1.29 is 0 Å². The highest BCUT2D eigenvalue weighted by atomic mass is 15.1. The normalized spacial score (nSPS) is 20.1. The van der Waals surface area contributed by atoms with Gasteiger partial charge in [0.2, 0.25) is 0 Å². The number of nitrogens with zero attached hydrogens (tertiary/aromatic N) is 4. The van der Waals surface area contributed by atoms with Gasteiger partial charge in [0.25, 0.3) is 0 Å². The fourth-order valence-corrected chi connectivity index (χ4v) is 2.09. The predicted octanol–water partition coefficient (Wildman–Crippen LogP) is 1.09. The van der Waals surface area contributed by atoms with Crippen LogP contribution in [-0.2, 0) is 0 Å². The van der Waals surface area contributed by atoms with E-state index in [0.717, 1.165) is 24.5 Å². The lowest BCUT2D eigenvalue weighted by atomic mass is 10.1. The second kappa shape index (κ2) is 4.02. The Morgan fingerprint density at radius 3 is 2.94 bits per heavy atom. The van der Waals surface area contributed by atoms with Crippen molar-refractivity contribution >= 4 is 0 Å².